The Morgan fingerprint density at radius 2 is 2.00 bits per heavy atom. The minimum absolute atomic E-state index is 0.0322. The van der Waals surface area contributed by atoms with Crippen molar-refractivity contribution >= 4 is 21.6 Å². The van der Waals surface area contributed by atoms with E-state index >= 15 is 0 Å². The number of benzene rings is 1. The molecule has 0 radical (unpaired) electrons. The lowest BCUT2D eigenvalue weighted by molar-refractivity contribution is 0.0418. The van der Waals surface area contributed by atoms with Crippen LogP contribution in [0, 0.1) is 0 Å². The highest BCUT2D eigenvalue weighted by Gasteiger charge is 2.33. The number of carbonyl (C=O) groups excluding carboxylic acids is 1. The summed E-state index contributed by atoms with van der Waals surface area (Å²) in [5.74, 6) is 0.680. The molecule has 1 aromatic carbocycles. The highest BCUT2D eigenvalue weighted by Crippen LogP contribution is 2.37. The first-order valence-corrected chi connectivity index (χ1v) is 10.3. The summed E-state index contributed by atoms with van der Waals surface area (Å²) in [6, 6.07) is 10.2. The zero-order chi connectivity index (χ0) is 19.5. The number of anilines is 1. The summed E-state index contributed by atoms with van der Waals surface area (Å²) >= 11 is 0. The summed E-state index contributed by atoms with van der Waals surface area (Å²) in [6.45, 7) is 4.03. The van der Waals surface area contributed by atoms with Gasteiger partial charge in [-0.25, -0.2) is 18.2 Å². The van der Waals surface area contributed by atoms with E-state index < -0.39 is 21.5 Å². The molecule has 7 nitrogen and oxygen atoms in total. The van der Waals surface area contributed by atoms with Gasteiger partial charge >= 0.3 is 6.09 Å². The van der Waals surface area contributed by atoms with Gasteiger partial charge in [0.1, 0.15) is 11.4 Å². The first kappa shape index (κ1) is 19.2. The van der Waals surface area contributed by atoms with Gasteiger partial charge < -0.3 is 9.47 Å². The third-order valence-electron chi connectivity index (χ3n) is 4.26. The van der Waals surface area contributed by atoms with E-state index in [1.165, 1.54) is 12.3 Å². The van der Waals surface area contributed by atoms with Crippen LogP contribution in [0.25, 0.3) is 0 Å². The zero-order valence-corrected chi connectivity index (χ0v) is 16.1. The molecule has 3 rings (SSSR count). The number of hydrogen-bond acceptors (Lipinski definition) is 6. The van der Waals surface area contributed by atoms with Gasteiger partial charge in [0.2, 0.25) is 0 Å². The smallest absolute Gasteiger partial charge is 0.412 e. The summed E-state index contributed by atoms with van der Waals surface area (Å²) in [7, 11) is -3.36. The Labute approximate surface area is 158 Å². The number of ether oxygens (including phenoxy) is 2. The van der Waals surface area contributed by atoms with Gasteiger partial charge in [-0.15, -0.1) is 0 Å². The molecule has 0 spiro atoms. The van der Waals surface area contributed by atoms with Crippen molar-refractivity contribution in [1.82, 2.24) is 4.98 Å². The van der Waals surface area contributed by atoms with Crippen molar-refractivity contribution in [3.05, 3.63) is 48.2 Å². The maximum Gasteiger partial charge on any atom is 0.412 e. The minimum Gasteiger partial charge on any atom is -0.494 e. The quantitative estimate of drug-likeness (QED) is 0.727. The molecule has 1 amide bonds. The van der Waals surface area contributed by atoms with Gasteiger partial charge in [-0.05, 0) is 57.0 Å². The maximum atomic E-state index is 12.2. The molecule has 0 fully saturated rings. The Morgan fingerprint density at radius 1 is 1.19 bits per heavy atom. The Kier molecular flexibility index (Phi) is 5.36. The van der Waals surface area contributed by atoms with E-state index in [0.717, 1.165) is 5.56 Å². The van der Waals surface area contributed by atoms with Crippen LogP contribution in [0.1, 0.15) is 32.3 Å². The summed E-state index contributed by atoms with van der Waals surface area (Å²) in [5.41, 5.74) is 0.788. The average Bonchev–Trinajstić information content (AvgIpc) is 2.62. The summed E-state index contributed by atoms with van der Waals surface area (Å²) in [6.07, 6.45) is 2.07. The van der Waals surface area contributed by atoms with Crippen molar-refractivity contribution in [2.24, 2.45) is 0 Å². The number of rotatable bonds is 7. The van der Waals surface area contributed by atoms with Gasteiger partial charge in [-0.3, -0.25) is 5.32 Å². The van der Waals surface area contributed by atoms with E-state index in [1.807, 2.05) is 19.9 Å². The SMILES string of the molecule is CC1(C)OC(=O)Nc2ccc(OCCCCS(=O)(=O)c3ccccn3)cc21. The summed E-state index contributed by atoms with van der Waals surface area (Å²) < 4.78 is 35.4. The Bertz CT molecular complexity index is 926. The molecular weight excluding hydrogens is 368 g/mol. The topological polar surface area (TPSA) is 94.6 Å². The van der Waals surface area contributed by atoms with Crippen LogP contribution in [-0.2, 0) is 20.2 Å². The summed E-state index contributed by atoms with van der Waals surface area (Å²) in [5, 5.41) is 2.76. The molecular formula is C19H22N2O5S. The maximum absolute atomic E-state index is 12.2. The van der Waals surface area contributed by atoms with E-state index in [4.69, 9.17) is 9.47 Å². The second-order valence-corrected chi connectivity index (χ2v) is 8.83. The number of pyridine rings is 1. The normalized spacial score (nSPS) is 15.4. The molecule has 0 saturated carbocycles. The number of nitrogens with zero attached hydrogens (tertiary/aromatic N) is 1. The molecule has 144 valence electrons. The number of fused-ring (bicyclic) bond motifs is 1. The van der Waals surface area contributed by atoms with Crippen molar-refractivity contribution in [1.29, 1.82) is 0 Å². The monoisotopic (exact) mass is 390 g/mol. The Balaban J connectivity index is 1.52. The number of nitrogens with one attached hydrogen (secondary N) is 1. The number of unbranched alkanes of at least 4 members (excludes halogenated alkanes) is 1. The van der Waals surface area contributed by atoms with Crippen molar-refractivity contribution in [2.75, 3.05) is 17.7 Å². The number of carbonyl (C=O) groups is 1. The fourth-order valence-electron chi connectivity index (χ4n) is 2.86. The molecule has 27 heavy (non-hydrogen) atoms. The minimum atomic E-state index is -3.36. The third kappa shape index (κ3) is 4.57. The van der Waals surface area contributed by atoms with Crippen molar-refractivity contribution in [3.63, 3.8) is 0 Å². The first-order chi connectivity index (χ1) is 12.8. The predicted molar refractivity (Wildman–Crippen MR) is 101 cm³/mol. The lowest BCUT2D eigenvalue weighted by Gasteiger charge is -2.32. The van der Waals surface area contributed by atoms with Crippen molar-refractivity contribution < 1.29 is 22.7 Å². The molecule has 8 heteroatoms. The number of cyclic esters (lactones) is 1. The molecule has 1 aromatic heterocycles. The average molecular weight is 390 g/mol. The van der Waals surface area contributed by atoms with Crippen LogP contribution in [0.3, 0.4) is 0 Å². The molecule has 2 heterocycles. The Morgan fingerprint density at radius 3 is 2.74 bits per heavy atom. The van der Waals surface area contributed by atoms with Gasteiger partial charge in [0.05, 0.1) is 18.0 Å². The summed E-state index contributed by atoms with van der Waals surface area (Å²) in [4.78, 5) is 15.4. The zero-order valence-electron chi connectivity index (χ0n) is 15.3. The lowest BCUT2D eigenvalue weighted by Crippen LogP contribution is -2.34. The molecule has 1 aliphatic rings. The van der Waals surface area contributed by atoms with Crippen LogP contribution in [0.4, 0.5) is 10.5 Å². The van der Waals surface area contributed by atoms with E-state index in [1.54, 1.807) is 24.3 Å². The molecule has 0 bridgehead atoms. The lowest BCUT2D eigenvalue weighted by atomic mass is 9.94. The number of sulfone groups is 1. The van der Waals surface area contributed by atoms with Crippen LogP contribution >= 0.6 is 0 Å². The third-order valence-corrected chi connectivity index (χ3v) is 5.96. The molecule has 0 atom stereocenters. The largest absolute Gasteiger partial charge is 0.494 e. The van der Waals surface area contributed by atoms with Gasteiger partial charge in [0.25, 0.3) is 0 Å². The molecule has 1 aliphatic heterocycles. The predicted octanol–water partition coefficient (Wildman–Crippen LogP) is 3.51. The fourth-order valence-corrected chi connectivity index (χ4v) is 4.16. The van der Waals surface area contributed by atoms with Gasteiger partial charge in [0, 0.05) is 11.8 Å². The molecule has 0 aliphatic carbocycles. The number of amides is 1. The van der Waals surface area contributed by atoms with Crippen LogP contribution in [-0.4, -0.2) is 31.9 Å². The fraction of sp³-hybridized carbons (Fsp3) is 0.368. The van der Waals surface area contributed by atoms with Crippen LogP contribution in [0.15, 0.2) is 47.6 Å². The van der Waals surface area contributed by atoms with Gasteiger partial charge in [-0.2, -0.15) is 0 Å². The first-order valence-electron chi connectivity index (χ1n) is 8.69. The molecule has 0 saturated heterocycles. The second kappa shape index (κ2) is 7.56. The standard InChI is InChI=1S/C19H22N2O5S/c1-19(2)15-13-14(8-9-16(15)21-18(22)26-19)25-11-5-6-12-27(23,24)17-7-3-4-10-20-17/h3-4,7-10,13H,5-6,11-12H2,1-2H3,(H,21,22). The highest BCUT2D eigenvalue weighted by atomic mass is 32.2. The van der Waals surface area contributed by atoms with Crippen LogP contribution < -0.4 is 10.1 Å². The van der Waals surface area contributed by atoms with E-state index in [2.05, 4.69) is 10.3 Å². The van der Waals surface area contributed by atoms with E-state index in [0.29, 0.717) is 30.9 Å². The van der Waals surface area contributed by atoms with Gasteiger partial charge in [-0.1, -0.05) is 6.07 Å². The molecule has 1 N–H and O–H groups in total. The van der Waals surface area contributed by atoms with Crippen molar-refractivity contribution in [2.45, 2.75) is 37.3 Å². The van der Waals surface area contributed by atoms with Crippen LogP contribution in [0.2, 0.25) is 0 Å². The number of aromatic nitrogens is 1. The Hall–Kier alpha value is -2.61. The van der Waals surface area contributed by atoms with Gasteiger partial charge in [0.15, 0.2) is 14.9 Å². The van der Waals surface area contributed by atoms with Crippen LogP contribution in [0.5, 0.6) is 5.75 Å². The number of hydrogen-bond donors (Lipinski definition) is 1. The van der Waals surface area contributed by atoms with E-state index in [-0.39, 0.29) is 10.8 Å². The van der Waals surface area contributed by atoms with Crippen molar-refractivity contribution in [3.8, 4) is 5.75 Å². The van der Waals surface area contributed by atoms with E-state index in [9.17, 15) is 13.2 Å². The molecule has 0 unspecified atom stereocenters. The molecule has 2 aromatic rings. The highest BCUT2D eigenvalue weighted by molar-refractivity contribution is 7.91. The second-order valence-electron chi connectivity index (χ2n) is 6.77.